The number of amides is 1. The van der Waals surface area contributed by atoms with Crippen LogP contribution in [-0.4, -0.2) is 42.2 Å². The molecule has 2 aromatic carbocycles. The number of piperidine rings is 1. The molecule has 0 radical (unpaired) electrons. The Bertz CT molecular complexity index is 1220. The van der Waals surface area contributed by atoms with E-state index in [1.807, 2.05) is 30.0 Å². The third-order valence-corrected chi connectivity index (χ3v) is 7.27. The SMILES string of the molecule is Cc1cc(C)c(-[n+]2cc3c([nH]2)CCOCC3)cc1C(=O)N1CCC(c2ccc(C#N)cc2)CC1. The van der Waals surface area contributed by atoms with Gasteiger partial charge >= 0.3 is 0 Å². The standard InChI is InChI=1S/C28H30N4O2/c1-19-15-20(2)27(32-18-24-9-13-34-14-10-26(24)30-32)16-25(19)28(33)31-11-7-23(8-12-31)22-5-3-21(17-29)4-6-22/h3-6,15-16,18,23H,7-14H2,1-2H3/p+1. The molecule has 6 heteroatoms. The molecule has 3 heterocycles. The van der Waals surface area contributed by atoms with Gasteiger partial charge in [0.25, 0.3) is 5.91 Å². The molecule has 174 valence electrons. The minimum atomic E-state index is 0.110. The van der Waals surface area contributed by atoms with Crippen molar-refractivity contribution in [3.05, 3.63) is 81.7 Å². The summed E-state index contributed by atoms with van der Waals surface area (Å²) >= 11 is 0. The molecule has 6 nitrogen and oxygen atoms in total. The number of nitrogens with zero attached hydrogens (tertiary/aromatic N) is 3. The number of likely N-dealkylation sites (tertiary alicyclic amines) is 1. The molecule has 1 amide bonds. The topological polar surface area (TPSA) is 73.0 Å². The number of aryl methyl sites for hydroxylation is 2. The minimum Gasteiger partial charge on any atom is -0.381 e. The molecule has 1 N–H and O–H groups in total. The molecule has 0 aliphatic carbocycles. The van der Waals surface area contributed by atoms with E-state index >= 15 is 0 Å². The van der Waals surface area contributed by atoms with E-state index in [2.05, 4.69) is 47.2 Å². The number of ether oxygens (including phenoxy) is 1. The van der Waals surface area contributed by atoms with Gasteiger partial charge in [-0.2, -0.15) is 10.4 Å². The number of aromatic nitrogens is 2. The second-order valence-corrected chi connectivity index (χ2v) is 9.48. The Morgan fingerprint density at radius 2 is 1.82 bits per heavy atom. The number of carbonyl (C=O) groups is 1. The van der Waals surface area contributed by atoms with Gasteiger partial charge in [-0.15, -0.1) is 0 Å². The third kappa shape index (κ3) is 4.36. The van der Waals surface area contributed by atoms with Gasteiger partial charge < -0.3 is 9.64 Å². The van der Waals surface area contributed by atoms with Gasteiger partial charge in [-0.3, -0.25) is 4.79 Å². The van der Waals surface area contributed by atoms with Crippen molar-refractivity contribution < 1.29 is 14.2 Å². The predicted molar refractivity (Wildman–Crippen MR) is 129 cm³/mol. The maximum atomic E-state index is 13.5. The number of hydrogen-bond donors (Lipinski definition) is 1. The summed E-state index contributed by atoms with van der Waals surface area (Å²) in [5, 5.41) is 12.5. The number of hydrogen-bond acceptors (Lipinski definition) is 3. The van der Waals surface area contributed by atoms with Crippen LogP contribution in [0.5, 0.6) is 0 Å². The zero-order valence-corrected chi connectivity index (χ0v) is 19.9. The van der Waals surface area contributed by atoms with E-state index in [1.54, 1.807) is 0 Å². The molecule has 1 aromatic heterocycles. The lowest BCUT2D eigenvalue weighted by atomic mass is 9.88. The summed E-state index contributed by atoms with van der Waals surface area (Å²) in [6.45, 7) is 7.11. The minimum absolute atomic E-state index is 0.110. The largest absolute Gasteiger partial charge is 0.381 e. The van der Waals surface area contributed by atoms with Crippen molar-refractivity contribution in [3.63, 3.8) is 0 Å². The highest BCUT2D eigenvalue weighted by atomic mass is 16.5. The lowest BCUT2D eigenvalue weighted by molar-refractivity contribution is -0.656. The van der Waals surface area contributed by atoms with E-state index in [0.29, 0.717) is 11.5 Å². The first-order valence-corrected chi connectivity index (χ1v) is 12.1. The van der Waals surface area contributed by atoms with Gasteiger partial charge in [0.1, 0.15) is 0 Å². The molecular formula is C28H31N4O2+. The summed E-state index contributed by atoms with van der Waals surface area (Å²) in [7, 11) is 0. The quantitative estimate of drug-likeness (QED) is 0.609. The molecule has 34 heavy (non-hydrogen) atoms. The molecule has 0 spiro atoms. The van der Waals surface area contributed by atoms with Gasteiger partial charge in [0.15, 0.2) is 0 Å². The number of aromatic amines is 1. The summed E-state index contributed by atoms with van der Waals surface area (Å²) in [6, 6.07) is 14.2. The third-order valence-electron chi connectivity index (χ3n) is 7.27. The number of nitriles is 1. The van der Waals surface area contributed by atoms with E-state index in [-0.39, 0.29) is 5.91 Å². The van der Waals surface area contributed by atoms with Gasteiger partial charge in [0.2, 0.25) is 11.9 Å². The Balaban J connectivity index is 1.34. The van der Waals surface area contributed by atoms with Crippen LogP contribution in [0.3, 0.4) is 0 Å². The van der Waals surface area contributed by atoms with Crippen LogP contribution < -0.4 is 4.68 Å². The average molecular weight is 456 g/mol. The highest BCUT2D eigenvalue weighted by molar-refractivity contribution is 5.96. The fraction of sp³-hybridized carbons (Fsp3) is 0.393. The van der Waals surface area contributed by atoms with Crippen molar-refractivity contribution in [2.24, 2.45) is 0 Å². The van der Waals surface area contributed by atoms with E-state index in [4.69, 9.17) is 10.00 Å². The summed E-state index contributed by atoms with van der Waals surface area (Å²) < 4.78 is 7.66. The second kappa shape index (κ2) is 9.44. The van der Waals surface area contributed by atoms with Crippen molar-refractivity contribution in [2.45, 2.75) is 45.4 Å². The van der Waals surface area contributed by atoms with E-state index in [1.165, 1.54) is 16.8 Å². The van der Waals surface area contributed by atoms with Gasteiger partial charge in [-0.05, 0) is 61.9 Å². The monoisotopic (exact) mass is 455 g/mol. The zero-order chi connectivity index (χ0) is 23.7. The summed E-state index contributed by atoms with van der Waals surface area (Å²) in [6.07, 6.45) is 5.82. The highest BCUT2D eigenvalue weighted by Gasteiger charge is 2.28. The Kier molecular flexibility index (Phi) is 6.21. The summed E-state index contributed by atoms with van der Waals surface area (Å²) in [4.78, 5) is 15.5. The lowest BCUT2D eigenvalue weighted by Gasteiger charge is -2.32. The van der Waals surface area contributed by atoms with E-state index in [0.717, 1.165) is 74.4 Å². The van der Waals surface area contributed by atoms with Crippen molar-refractivity contribution in [1.29, 1.82) is 5.26 Å². The first kappa shape index (κ1) is 22.4. The van der Waals surface area contributed by atoms with Gasteiger partial charge in [-0.25, -0.2) is 0 Å². The summed E-state index contributed by atoms with van der Waals surface area (Å²) in [5.74, 6) is 0.541. The maximum absolute atomic E-state index is 13.5. The molecule has 3 aromatic rings. The summed E-state index contributed by atoms with van der Waals surface area (Å²) in [5.41, 5.74) is 8.41. The fourth-order valence-electron chi connectivity index (χ4n) is 5.25. The predicted octanol–water partition coefficient (Wildman–Crippen LogP) is 3.91. The molecule has 0 bridgehead atoms. The molecule has 1 saturated heterocycles. The van der Waals surface area contributed by atoms with Crippen molar-refractivity contribution in [3.8, 4) is 11.8 Å². The molecule has 0 unspecified atom stereocenters. The Hall–Kier alpha value is -3.43. The number of benzene rings is 2. The van der Waals surface area contributed by atoms with E-state index < -0.39 is 0 Å². The molecule has 2 aliphatic rings. The lowest BCUT2D eigenvalue weighted by Crippen LogP contribution is -2.39. The highest BCUT2D eigenvalue weighted by Crippen LogP contribution is 2.29. The van der Waals surface area contributed by atoms with Crippen LogP contribution in [0.4, 0.5) is 0 Å². The first-order chi connectivity index (χ1) is 16.5. The Morgan fingerprint density at radius 3 is 2.56 bits per heavy atom. The smallest absolute Gasteiger partial charge is 0.254 e. The Labute approximate surface area is 200 Å². The maximum Gasteiger partial charge on any atom is 0.254 e. The fourth-order valence-corrected chi connectivity index (χ4v) is 5.25. The van der Waals surface area contributed by atoms with E-state index in [9.17, 15) is 4.79 Å². The normalized spacial score (nSPS) is 16.6. The Morgan fingerprint density at radius 1 is 1.09 bits per heavy atom. The molecular weight excluding hydrogens is 424 g/mol. The van der Waals surface area contributed by atoms with Crippen LogP contribution in [-0.2, 0) is 17.6 Å². The average Bonchev–Trinajstić information content (AvgIpc) is 3.13. The van der Waals surface area contributed by atoms with Crippen LogP contribution in [0, 0.1) is 25.2 Å². The molecule has 2 aliphatic heterocycles. The van der Waals surface area contributed by atoms with Crippen LogP contribution in [0.2, 0.25) is 0 Å². The van der Waals surface area contributed by atoms with Crippen LogP contribution in [0.25, 0.3) is 5.69 Å². The second-order valence-electron chi connectivity index (χ2n) is 9.48. The van der Waals surface area contributed by atoms with Gasteiger partial charge in [-0.1, -0.05) is 16.8 Å². The van der Waals surface area contributed by atoms with Crippen LogP contribution in [0.15, 0.2) is 42.6 Å². The molecule has 0 saturated carbocycles. The number of rotatable bonds is 3. The molecule has 1 fully saturated rings. The van der Waals surface area contributed by atoms with Crippen molar-refractivity contribution >= 4 is 5.91 Å². The van der Waals surface area contributed by atoms with Crippen molar-refractivity contribution in [1.82, 2.24) is 10.00 Å². The number of H-pyrrole nitrogens is 1. The molecule has 5 rings (SSSR count). The molecule has 0 atom stereocenters. The van der Waals surface area contributed by atoms with Crippen molar-refractivity contribution in [2.75, 3.05) is 26.3 Å². The number of nitrogens with one attached hydrogen (secondary N) is 1. The van der Waals surface area contributed by atoms with Gasteiger partial charge in [0, 0.05) is 48.7 Å². The number of carbonyl (C=O) groups excluding carboxylic acids is 1. The van der Waals surface area contributed by atoms with Crippen LogP contribution >= 0.6 is 0 Å². The van der Waals surface area contributed by atoms with Gasteiger partial charge in [0.05, 0.1) is 30.5 Å². The first-order valence-electron chi connectivity index (χ1n) is 12.1. The zero-order valence-electron chi connectivity index (χ0n) is 19.9. The number of fused-ring (bicyclic) bond motifs is 1. The van der Waals surface area contributed by atoms with Crippen LogP contribution in [0.1, 0.15) is 62.6 Å².